The first-order valence-electron chi connectivity index (χ1n) is 9.67. The standard InChI is InChI=1S/C21H28N4OS/c1-4-16(3)24-20(26)17-8-6-12-25(14-17)19-21(23-11-10-22-19)27-18-9-5-7-15(2)13-18/h5,7,9-11,13,16-17H,4,6,8,12,14H2,1-3H3,(H,24,26)/t16-,17-/m0/s1. The van der Waals surface area contributed by atoms with Crippen molar-refractivity contribution in [1.82, 2.24) is 15.3 Å². The summed E-state index contributed by atoms with van der Waals surface area (Å²) in [6, 6.07) is 8.62. The predicted molar refractivity (Wildman–Crippen MR) is 110 cm³/mol. The van der Waals surface area contributed by atoms with Gasteiger partial charge in [-0.25, -0.2) is 9.97 Å². The number of rotatable bonds is 6. The van der Waals surface area contributed by atoms with Crippen LogP contribution in [0.4, 0.5) is 5.82 Å². The van der Waals surface area contributed by atoms with Crippen LogP contribution in [0, 0.1) is 12.8 Å². The van der Waals surface area contributed by atoms with Gasteiger partial charge in [0.2, 0.25) is 5.91 Å². The SMILES string of the molecule is CC[C@H](C)NC(=O)[C@H]1CCCN(c2nccnc2Sc2cccc(C)c2)C1. The van der Waals surface area contributed by atoms with Crippen LogP contribution in [-0.2, 0) is 4.79 Å². The number of piperidine rings is 1. The predicted octanol–water partition coefficient (Wildman–Crippen LogP) is 4.07. The third-order valence-electron chi connectivity index (χ3n) is 4.94. The molecule has 1 saturated heterocycles. The van der Waals surface area contributed by atoms with Gasteiger partial charge in [-0.3, -0.25) is 4.79 Å². The third kappa shape index (κ3) is 5.22. The molecule has 2 heterocycles. The molecule has 3 rings (SSSR count). The maximum atomic E-state index is 12.6. The Morgan fingerprint density at radius 2 is 2.19 bits per heavy atom. The number of anilines is 1. The van der Waals surface area contributed by atoms with Crippen molar-refractivity contribution in [2.24, 2.45) is 5.92 Å². The molecular formula is C21H28N4OS. The summed E-state index contributed by atoms with van der Waals surface area (Å²) >= 11 is 1.63. The molecule has 144 valence electrons. The van der Waals surface area contributed by atoms with Crippen molar-refractivity contribution in [3.8, 4) is 0 Å². The molecule has 1 aliphatic rings. The fourth-order valence-electron chi connectivity index (χ4n) is 3.24. The fraction of sp³-hybridized carbons (Fsp3) is 0.476. The maximum absolute atomic E-state index is 12.6. The Morgan fingerprint density at radius 1 is 1.37 bits per heavy atom. The minimum atomic E-state index is 0.00609. The number of benzene rings is 1. The van der Waals surface area contributed by atoms with E-state index in [-0.39, 0.29) is 17.9 Å². The van der Waals surface area contributed by atoms with Gasteiger partial charge in [0, 0.05) is 36.4 Å². The minimum absolute atomic E-state index is 0.00609. The summed E-state index contributed by atoms with van der Waals surface area (Å²) in [7, 11) is 0. The van der Waals surface area contributed by atoms with Crippen LogP contribution < -0.4 is 10.2 Å². The second kappa shape index (κ2) is 9.22. The molecule has 1 N–H and O–H groups in total. The molecule has 0 aliphatic carbocycles. The van der Waals surface area contributed by atoms with Crippen LogP contribution in [0.2, 0.25) is 0 Å². The summed E-state index contributed by atoms with van der Waals surface area (Å²) < 4.78 is 0. The average Bonchev–Trinajstić information content (AvgIpc) is 2.68. The Morgan fingerprint density at radius 3 is 2.96 bits per heavy atom. The molecule has 0 radical (unpaired) electrons. The van der Waals surface area contributed by atoms with Gasteiger partial charge in [0.25, 0.3) is 0 Å². The molecule has 2 atom stereocenters. The summed E-state index contributed by atoms with van der Waals surface area (Å²) in [5.41, 5.74) is 1.23. The summed E-state index contributed by atoms with van der Waals surface area (Å²) in [6.07, 6.45) is 6.34. The first-order chi connectivity index (χ1) is 13.1. The van der Waals surface area contributed by atoms with Gasteiger partial charge in [-0.2, -0.15) is 0 Å². The second-order valence-corrected chi connectivity index (χ2v) is 8.27. The Balaban J connectivity index is 1.75. The number of nitrogens with zero attached hydrogens (tertiary/aromatic N) is 3. The number of aromatic nitrogens is 2. The van der Waals surface area contributed by atoms with E-state index in [0.29, 0.717) is 6.54 Å². The van der Waals surface area contributed by atoms with Crippen LogP contribution in [0.3, 0.4) is 0 Å². The van der Waals surface area contributed by atoms with E-state index in [4.69, 9.17) is 0 Å². The zero-order valence-corrected chi connectivity index (χ0v) is 17.1. The van der Waals surface area contributed by atoms with Crippen molar-refractivity contribution in [2.75, 3.05) is 18.0 Å². The smallest absolute Gasteiger partial charge is 0.225 e. The van der Waals surface area contributed by atoms with Crippen LogP contribution in [0.15, 0.2) is 46.6 Å². The van der Waals surface area contributed by atoms with Crippen LogP contribution in [0.1, 0.15) is 38.7 Å². The van der Waals surface area contributed by atoms with E-state index in [0.717, 1.165) is 41.5 Å². The highest BCUT2D eigenvalue weighted by molar-refractivity contribution is 7.99. The Kier molecular flexibility index (Phi) is 6.72. The highest BCUT2D eigenvalue weighted by atomic mass is 32.2. The Hall–Kier alpha value is -2.08. The lowest BCUT2D eigenvalue weighted by atomic mass is 9.96. The molecule has 1 amide bonds. The summed E-state index contributed by atoms with van der Waals surface area (Å²) in [5.74, 6) is 1.04. The summed E-state index contributed by atoms with van der Waals surface area (Å²) in [4.78, 5) is 25.1. The van der Waals surface area contributed by atoms with Crippen LogP contribution >= 0.6 is 11.8 Å². The maximum Gasteiger partial charge on any atom is 0.225 e. The lowest BCUT2D eigenvalue weighted by Crippen LogP contribution is -2.45. The third-order valence-corrected chi connectivity index (χ3v) is 5.91. The van der Waals surface area contributed by atoms with E-state index in [1.54, 1.807) is 24.2 Å². The first kappa shape index (κ1) is 19.7. The number of aryl methyl sites for hydroxylation is 1. The summed E-state index contributed by atoms with van der Waals surface area (Å²) in [6.45, 7) is 7.84. The van der Waals surface area contributed by atoms with Crippen molar-refractivity contribution < 1.29 is 4.79 Å². The van der Waals surface area contributed by atoms with E-state index < -0.39 is 0 Å². The van der Waals surface area contributed by atoms with Crippen molar-refractivity contribution in [2.45, 2.75) is 56.0 Å². The van der Waals surface area contributed by atoms with E-state index in [2.05, 4.69) is 65.2 Å². The van der Waals surface area contributed by atoms with Crippen molar-refractivity contribution >= 4 is 23.5 Å². The molecule has 27 heavy (non-hydrogen) atoms. The van der Waals surface area contributed by atoms with E-state index >= 15 is 0 Å². The molecule has 0 unspecified atom stereocenters. The number of hydrogen-bond acceptors (Lipinski definition) is 5. The molecule has 6 heteroatoms. The molecule has 0 spiro atoms. The highest BCUT2D eigenvalue weighted by Crippen LogP contribution is 2.34. The number of nitrogens with one attached hydrogen (secondary N) is 1. The van der Waals surface area contributed by atoms with Crippen LogP contribution in [0.5, 0.6) is 0 Å². The molecule has 1 aliphatic heterocycles. The molecule has 5 nitrogen and oxygen atoms in total. The van der Waals surface area contributed by atoms with Gasteiger partial charge in [-0.05, 0) is 45.2 Å². The largest absolute Gasteiger partial charge is 0.354 e. The molecule has 1 fully saturated rings. The molecule has 1 aromatic carbocycles. The summed E-state index contributed by atoms with van der Waals surface area (Å²) in [5, 5.41) is 4.02. The quantitative estimate of drug-likeness (QED) is 0.814. The lowest BCUT2D eigenvalue weighted by Gasteiger charge is -2.33. The van der Waals surface area contributed by atoms with Gasteiger partial charge < -0.3 is 10.2 Å². The van der Waals surface area contributed by atoms with Gasteiger partial charge in [-0.15, -0.1) is 0 Å². The molecule has 1 aromatic heterocycles. The van der Waals surface area contributed by atoms with Crippen molar-refractivity contribution in [1.29, 1.82) is 0 Å². The van der Waals surface area contributed by atoms with Crippen molar-refractivity contribution in [3.63, 3.8) is 0 Å². The minimum Gasteiger partial charge on any atom is -0.354 e. The van der Waals surface area contributed by atoms with Gasteiger partial charge in [0.1, 0.15) is 5.03 Å². The topological polar surface area (TPSA) is 58.1 Å². The zero-order valence-electron chi connectivity index (χ0n) is 16.3. The molecular weight excluding hydrogens is 356 g/mol. The second-order valence-electron chi connectivity index (χ2n) is 7.21. The zero-order chi connectivity index (χ0) is 19.2. The van der Waals surface area contributed by atoms with E-state index in [1.807, 2.05) is 0 Å². The van der Waals surface area contributed by atoms with Crippen LogP contribution in [0.25, 0.3) is 0 Å². The van der Waals surface area contributed by atoms with E-state index in [1.165, 1.54) is 5.56 Å². The van der Waals surface area contributed by atoms with Gasteiger partial charge in [-0.1, -0.05) is 36.4 Å². The first-order valence-corrected chi connectivity index (χ1v) is 10.5. The average molecular weight is 385 g/mol. The molecule has 0 saturated carbocycles. The number of carbonyl (C=O) groups is 1. The van der Waals surface area contributed by atoms with E-state index in [9.17, 15) is 4.79 Å². The molecule has 0 bridgehead atoms. The Bertz CT molecular complexity index is 782. The Labute approximate surface area is 166 Å². The van der Waals surface area contributed by atoms with Gasteiger partial charge in [0.05, 0.1) is 5.92 Å². The fourth-order valence-corrected chi connectivity index (χ4v) is 4.24. The number of amides is 1. The molecule has 2 aromatic rings. The lowest BCUT2D eigenvalue weighted by molar-refractivity contribution is -0.125. The van der Waals surface area contributed by atoms with Gasteiger partial charge >= 0.3 is 0 Å². The number of hydrogen-bond donors (Lipinski definition) is 1. The normalized spacial score (nSPS) is 18.2. The monoisotopic (exact) mass is 384 g/mol. The highest BCUT2D eigenvalue weighted by Gasteiger charge is 2.28. The number of carbonyl (C=O) groups excluding carboxylic acids is 1. The van der Waals surface area contributed by atoms with Gasteiger partial charge in [0.15, 0.2) is 5.82 Å². The van der Waals surface area contributed by atoms with Crippen LogP contribution in [-0.4, -0.2) is 35.0 Å². The van der Waals surface area contributed by atoms with Crippen molar-refractivity contribution in [3.05, 3.63) is 42.2 Å².